The Morgan fingerprint density at radius 2 is 2.12 bits per heavy atom. The molecule has 0 amide bonds. The van der Waals surface area contributed by atoms with Crippen molar-refractivity contribution in [2.45, 2.75) is 45.3 Å². The number of nitrogens with one attached hydrogen (secondary N) is 1. The lowest BCUT2D eigenvalue weighted by atomic mass is 10.1. The van der Waals surface area contributed by atoms with E-state index in [9.17, 15) is 5.11 Å². The number of rotatable bonds is 4. The normalized spacial score (nSPS) is 16.8. The number of phenolic OH excluding ortho intramolecular Hbond substituents is 1. The van der Waals surface area contributed by atoms with E-state index in [0.717, 1.165) is 24.0 Å². The molecule has 3 heteroatoms. The summed E-state index contributed by atoms with van der Waals surface area (Å²) in [7, 11) is 0. The number of para-hydroxylation sites is 1. The van der Waals surface area contributed by atoms with Crippen molar-refractivity contribution in [3.8, 4) is 5.75 Å². The summed E-state index contributed by atoms with van der Waals surface area (Å²) >= 11 is 0. The molecule has 1 aliphatic rings. The Hall–Kier alpha value is -1.06. The molecule has 16 heavy (non-hydrogen) atoms. The fourth-order valence-electron chi connectivity index (χ4n) is 2.11. The summed E-state index contributed by atoms with van der Waals surface area (Å²) in [6.45, 7) is 2.46. The van der Waals surface area contributed by atoms with Gasteiger partial charge in [0.1, 0.15) is 5.75 Å². The van der Waals surface area contributed by atoms with Gasteiger partial charge < -0.3 is 5.11 Å². The van der Waals surface area contributed by atoms with E-state index in [-0.39, 0.29) is 0 Å². The third kappa shape index (κ3) is 2.74. The molecule has 2 N–H and O–H groups in total. The summed E-state index contributed by atoms with van der Waals surface area (Å²) in [5.41, 5.74) is 4.74. The van der Waals surface area contributed by atoms with Gasteiger partial charge in [-0.05, 0) is 25.3 Å². The van der Waals surface area contributed by atoms with Crippen molar-refractivity contribution in [2.75, 3.05) is 0 Å². The van der Waals surface area contributed by atoms with Crippen LogP contribution in [0.5, 0.6) is 5.75 Å². The van der Waals surface area contributed by atoms with Crippen molar-refractivity contribution in [2.24, 2.45) is 0 Å². The Morgan fingerprint density at radius 1 is 1.38 bits per heavy atom. The molecule has 0 saturated heterocycles. The first-order valence-electron chi connectivity index (χ1n) is 5.93. The maximum absolute atomic E-state index is 9.79. The van der Waals surface area contributed by atoms with Crippen LogP contribution in [0, 0.1) is 6.92 Å². The summed E-state index contributed by atoms with van der Waals surface area (Å²) in [5, 5.41) is 9.79. The summed E-state index contributed by atoms with van der Waals surface area (Å²) in [4.78, 5) is 5.54. The fraction of sp³-hybridized carbons (Fsp3) is 0.538. The third-order valence-corrected chi connectivity index (χ3v) is 3.14. The minimum Gasteiger partial charge on any atom is -0.507 e. The SMILES string of the molecule is Cc1cccc(CNOC2CCCC2)c1O. The first-order valence-corrected chi connectivity index (χ1v) is 5.93. The van der Waals surface area contributed by atoms with Crippen LogP contribution in [0.2, 0.25) is 0 Å². The summed E-state index contributed by atoms with van der Waals surface area (Å²) in [5.74, 6) is 0.366. The van der Waals surface area contributed by atoms with Gasteiger partial charge in [0.25, 0.3) is 0 Å². The molecule has 0 radical (unpaired) electrons. The summed E-state index contributed by atoms with van der Waals surface area (Å²) in [6.07, 6.45) is 5.18. The molecule has 1 fully saturated rings. The van der Waals surface area contributed by atoms with Gasteiger partial charge in [-0.25, -0.2) is 0 Å². The Labute approximate surface area is 96.4 Å². The molecule has 1 aromatic rings. The summed E-state index contributed by atoms with van der Waals surface area (Å²) in [6, 6.07) is 5.76. The number of benzene rings is 1. The fourth-order valence-corrected chi connectivity index (χ4v) is 2.11. The lowest BCUT2D eigenvalue weighted by molar-refractivity contribution is -0.0246. The lowest BCUT2D eigenvalue weighted by Crippen LogP contribution is -2.21. The monoisotopic (exact) mass is 221 g/mol. The van der Waals surface area contributed by atoms with E-state index in [4.69, 9.17) is 4.84 Å². The number of hydrogen-bond acceptors (Lipinski definition) is 3. The highest BCUT2D eigenvalue weighted by molar-refractivity contribution is 5.39. The van der Waals surface area contributed by atoms with Gasteiger partial charge >= 0.3 is 0 Å². The minimum absolute atomic E-state index is 0.354. The Kier molecular flexibility index (Phi) is 3.80. The summed E-state index contributed by atoms with van der Waals surface area (Å²) < 4.78 is 0. The standard InChI is InChI=1S/C13H19NO2/c1-10-5-4-6-11(13(10)15)9-14-16-12-7-2-3-8-12/h4-6,12,14-15H,2-3,7-9H2,1H3. The van der Waals surface area contributed by atoms with Crippen molar-refractivity contribution in [1.82, 2.24) is 5.48 Å². The first-order chi connectivity index (χ1) is 7.77. The van der Waals surface area contributed by atoms with Crippen LogP contribution in [0.1, 0.15) is 36.8 Å². The highest BCUT2D eigenvalue weighted by Crippen LogP contribution is 2.22. The van der Waals surface area contributed by atoms with Gasteiger partial charge in [0, 0.05) is 12.1 Å². The highest BCUT2D eigenvalue weighted by Gasteiger charge is 2.15. The van der Waals surface area contributed by atoms with Crippen molar-refractivity contribution >= 4 is 0 Å². The van der Waals surface area contributed by atoms with Crippen LogP contribution in [0.4, 0.5) is 0 Å². The molecule has 1 aromatic carbocycles. The molecule has 0 aromatic heterocycles. The molecule has 0 bridgehead atoms. The number of phenols is 1. The Morgan fingerprint density at radius 3 is 2.88 bits per heavy atom. The van der Waals surface area contributed by atoms with Crippen LogP contribution in [0.25, 0.3) is 0 Å². The highest BCUT2D eigenvalue weighted by atomic mass is 16.7. The molecule has 2 rings (SSSR count). The van der Waals surface area contributed by atoms with Crippen LogP contribution in [-0.4, -0.2) is 11.2 Å². The van der Waals surface area contributed by atoms with Gasteiger partial charge in [0.15, 0.2) is 0 Å². The molecule has 0 heterocycles. The largest absolute Gasteiger partial charge is 0.507 e. The van der Waals surface area contributed by atoms with E-state index in [1.165, 1.54) is 12.8 Å². The van der Waals surface area contributed by atoms with Crippen molar-refractivity contribution < 1.29 is 9.94 Å². The second-order valence-corrected chi connectivity index (χ2v) is 4.43. The van der Waals surface area contributed by atoms with E-state index >= 15 is 0 Å². The van der Waals surface area contributed by atoms with E-state index in [0.29, 0.717) is 18.4 Å². The number of hydrogen-bond donors (Lipinski definition) is 2. The number of aryl methyl sites for hydroxylation is 1. The molecular weight excluding hydrogens is 202 g/mol. The molecule has 0 atom stereocenters. The van der Waals surface area contributed by atoms with E-state index in [1.807, 2.05) is 25.1 Å². The van der Waals surface area contributed by atoms with E-state index in [1.54, 1.807) is 0 Å². The van der Waals surface area contributed by atoms with Crippen molar-refractivity contribution in [1.29, 1.82) is 0 Å². The van der Waals surface area contributed by atoms with Crippen molar-refractivity contribution in [3.05, 3.63) is 29.3 Å². The van der Waals surface area contributed by atoms with Crippen LogP contribution in [0.15, 0.2) is 18.2 Å². The topological polar surface area (TPSA) is 41.5 Å². The molecule has 0 unspecified atom stereocenters. The third-order valence-electron chi connectivity index (χ3n) is 3.14. The molecule has 1 aliphatic carbocycles. The maximum Gasteiger partial charge on any atom is 0.123 e. The predicted octanol–water partition coefficient (Wildman–Crippen LogP) is 2.66. The Balaban J connectivity index is 1.82. The minimum atomic E-state index is 0.354. The Bertz CT molecular complexity index is 346. The average Bonchev–Trinajstić information content (AvgIpc) is 2.77. The first kappa shape index (κ1) is 11.4. The van der Waals surface area contributed by atoms with Crippen LogP contribution < -0.4 is 5.48 Å². The van der Waals surface area contributed by atoms with Gasteiger partial charge in [-0.1, -0.05) is 31.0 Å². The molecule has 3 nitrogen and oxygen atoms in total. The molecule has 88 valence electrons. The lowest BCUT2D eigenvalue weighted by Gasteiger charge is -2.12. The zero-order valence-electron chi connectivity index (χ0n) is 9.70. The number of aromatic hydroxyl groups is 1. The molecule has 0 aliphatic heterocycles. The molecule has 0 spiro atoms. The van der Waals surface area contributed by atoms with E-state index < -0.39 is 0 Å². The quantitative estimate of drug-likeness (QED) is 0.768. The molecular formula is C13H19NO2. The van der Waals surface area contributed by atoms with Gasteiger partial charge in [-0.3, -0.25) is 4.84 Å². The second-order valence-electron chi connectivity index (χ2n) is 4.43. The zero-order chi connectivity index (χ0) is 11.4. The van der Waals surface area contributed by atoms with Crippen molar-refractivity contribution in [3.63, 3.8) is 0 Å². The van der Waals surface area contributed by atoms with E-state index in [2.05, 4.69) is 5.48 Å². The maximum atomic E-state index is 9.79. The van der Waals surface area contributed by atoms with Gasteiger partial charge in [-0.2, -0.15) is 5.48 Å². The second kappa shape index (κ2) is 5.32. The van der Waals surface area contributed by atoms with Crippen LogP contribution in [-0.2, 0) is 11.4 Å². The van der Waals surface area contributed by atoms with Gasteiger partial charge in [0.2, 0.25) is 0 Å². The van der Waals surface area contributed by atoms with Gasteiger partial charge in [-0.15, -0.1) is 0 Å². The zero-order valence-corrected chi connectivity index (χ0v) is 9.70. The van der Waals surface area contributed by atoms with Gasteiger partial charge in [0.05, 0.1) is 6.10 Å². The predicted molar refractivity (Wildman–Crippen MR) is 63.0 cm³/mol. The van der Waals surface area contributed by atoms with Crippen LogP contribution >= 0.6 is 0 Å². The number of hydroxylamine groups is 1. The van der Waals surface area contributed by atoms with Crippen LogP contribution in [0.3, 0.4) is 0 Å². The smallest absolute Gasteiger partial charge is 0.123 e. The average molecular weight is 221 g/mol. The molecule has 1 saturated carbocycles.